The molecule has 1 saturated carbocycles. The highest BCUT2D eigenvalue weighted by Gasteiger charge is 2.34. The molecule has 0 aliphatic heterocycles. The number of hydrogen-bond acceptors (Lipinski definition) is 4. The maximum absolute atomic E-state index is 12.7. The molecule has 5 nitrogen and oxygen atoms in total. The molecule has 0 N–H and O–H groups in total. The summed E-state index contributed by atoms with van der Waals surface area (Å²) in [5, 5.41) is 0.398. The van der Waals surface area contributed by atoms with Crippen LogP contribution < -0.4 is 9.47 Å². The van der Waals surface area contributed by atoms with Crippen LogP contribution in [0.4, 0.5) is 0 Å². The number of carbonyl (C=O) groups is 1. The smallest absolute Gasteiger partial charge is 0.254 e. The van der Waals surface area contributed by atoms with E-state index in [9.17, 15) is 4.79 Å². The Morgan fingerprint density at radius 2 is 2.00 bits per heavy atom. The fourth-order valence-corrected chi connectivity index (χ4v) is 2.98. The van der Waals surface area contributed by atoms with Gasteiger partial charge in [0.25, 0.3) is 5.91 Å². The van der Waals surface area contributed by atoms with Crippen LogP contribution in [0, 0.1) is 0 Å². The van der Waals surface area contributed by atoms with Crippen molar-refractivity contribution in [3.05, 3.63) is 22.7 Å². The first-order chi connectivity index (χ1) is 11.5. The quantitative estimate of drug-likeness (QED) is 0.712. The molecule has 0 heterocycles. The van der Waals surface area contributed by atoms with Gasteiger partial charge in [0.1, 0.15) is 0 Å². The summed E-state index contributed by atoms with van der Waals surface area (Å²) >= 11 is 6.33. The van der Waals surface area contributed by atoms with Gasteiger partial charge in [-0.15, -0.1) is 0 Å². The molecule has 0 unspecified atom stereocenters. The average Bonchev–Trinajstić information content (AvgIpc) is 2.52. The predicted molar refractivity (Wildman–Crippen MR) is 94.3 cm³/mol. The lowest BCUT2D eigenvalue weighted by Crippen LogP contribution is -2.48. The van der Waals surface area contributed by atoms with E-state index in [2.05, 4.69) is 0 Å². The topological polar surface area (TPSA) is 48.0 Å². The van der Waals surface area contributed by atoms with Crippen LogP contribution in [-0.2, 0) is 4.74 Å². The second-order valence-electron chi connectivity index (χ2n) is 5.97. The SMILES string of the molecule is CCCOc1c(Cl)cc(C(=O)N(C)C2CC(OC)C2)cc1OCC. The van der Waals surface area contributed by atoms with Crippen LogP contribution in [-0.4, -0.2) is 50.3 Å². The van der Waals surface area contributed by atoms with Gasteiger partial charge in [-0.1, -0.05) is 18.5 Å². The molecule has 2 rings (SSSR count). The van der Waals surface area contributed by atoms with E-state index in [-0.39, 0.29) is 18.1 Å². The number of methoxy groups -OCH3 is 1. The minimum atomic E-state index is -0.0700. The summed E-state index contributed by atoms with van der Waals surface area (Å²) in [5.74, 6) is 0.945. The van der Waals surface area contributed by atoms with Crippen LogP contribution in [0.25, 0.3) is 0 Å². The van der Waals surface area contributed by atoms with E-state index in [0.29, 0.717) is 35.3 Å². The van der Waals surface area contributed by atoms with Crippen molar-refractivity contribution < 1.29 is 19.0 Å². The standard InChI is InChI=1S/C18H26ClNO4/c1-5-7-24-17-15(19)8-12(9-16(17)23-6-2)18(21)20(3)13-10-14(11-13)22-4/h8-9,13-14H,5-7,10-11H2,1-4H3. The van der Waals surface area contributed by atoms with Gasteiger partial charge < -0.3 is 19.1 Å². The highest BCUT2D eigenvalue weighted by Crippen LogP contribution is 2.37. The van der Waals surface area contributed by atoms with Crippen molar-refractivity contribution in [2.45, 2.75) is 45.3 Å². The molecule has 1 aromatic rings. The summed E-state index contributed by atoms with van der Waals surface area (Å²) < 4.78 is 16.6. The molecule has 0 radical (unpaired) electrons. The zero-order chi connectivity index (χ0) is 17.7. The van der Waals surface area contributed by atoms with Gasteiger partial charge in [0.2, 0.25) is 0 Å². The Balaban J connectivity index is 2.18. The lowest BCUT2D eigenvalue weighted by atomic mass is 9.88. The van der Waals surface area contributed by atoms with Crippen molar-refractivity contribution in [3.8, 4) is 11.5 Å². The molecule has 1 aliphatic carbocycles. The van der Waals surface area contributed by atoms with Gasteiger partial charge in [0.05, 0.1) is 24.3 Å². The third kappa shape index (κ3) is 4.14. The summed E-state index contributed by atoms with van der Waals surface area (Å²) in [7, 11) is 3.51. The number of ether oxygens (including phenoxy) is 3. The minimum absolute atomic E-state index is 0.0700. The molecular weight excluding hydrogens is 330 g/mol. The van der Waals surface area contributed by atoms with E-state index < -0.39 is 0 Å². The van der Waals surface area contributed by atoms with E-state index in [1.807, 2.05) is 20.9 Å². The number of amides is 1. The number of halogens is 1. The summed E-state index contributed by atoms with van der Waals surface area (Å²) in [6.07, 6.45) is 2.84. The van der Waals surface area contributed by atoms with Gasteiger partial charge in [0.15, 0.2) is 11.5 Å². The van der Waals surface area contributed by atoms with Gasteiger partial charge in [-0.05, 0) is 38.3 Å². The molecule has 24 heavy (non-hydrogen) atoms. The first-order valence-electron chi connectivity index (χ1n) is 8.40. The Bertz CT molecular complexity index is 572. The molecular formula is C18H26ClNO4. The van der Waals surface area contributed by atoms with Crippen LogP contribution in [0.5, 0.6) is 11.5 Å². The molecule has 0 spiro atoms. The summed E-state index contributed by atoms with van der Waals surface area (Å²) in [6, 6.07) is 3.57. The van der Waals surface area contributed by atoms with Gasteiger partial charge in [0, 0.05) is 25.8 Å². The lowest BCUT2D eigenvalue weighted by Gasteiger charge is -2.40. The first kappa shape index (κ1) is 18.9. The fourth-order valence-electron chi connectivity index (χ4n) is 2.71. The monoisotopic (exact) mass is 355 g/mol. The van der Waals surface area contributed by atoms with Crippen LogP contribution in [0.1, 0.15) is 43.5 Å². The maximum Gasteiger partial charge on any atom is 0.254 e. The van der Waals surface area contributed by atoms with Gasteiger partial charge >= 0.3 is 0 Å². The number of rotatable bonds is 8. The van der Waals surface area contributed by atoms with E-state index in [4.69, 9.17) is 25.8 Å². The Kier molecular flexibility index (Phi) is 6.75. The van der Waals surface area contributed by atoms with E-state index in [1.165, 1.54) is 0 Å². The van der Waals surface area contributed by atoms with E-state index >= 15 is 0 Å². The Hall–Kier alpha value is -1.46. The van der Waals surface area contributed by atoms with Crippen LogP contribution in [0.2, 0.25) is 5.02 Å². The molecule has 1 fully saturated rings. The molecule has 0 atom stereocenters. The molecule has 1 amide bonds. The third-order valence-corrected chi connectivity index (χ3v) is 4.56. The molecule has 0 bridgehead atoms. The van der Waals surface area contributed by atoms with Gasteiger partial charge in [-0.2, -0.15) is 0 Å². The number of benzene rings is 1. The number of nitrogens with zero attached hydrogens (tertiary/aromatic N) is 1. The van der Waals surface area contributed by atoms with Crippen LogP contribution in [0.3, 0.4) is 0 Å². The van der Waals surface area contributed by atoms with E-state index in [0.717, 1.165) is 19.3 Å². The third-order valence-electron chi connectivity index (χ3n) is 4.28. The second kappa shape index (κ2) is 8.58. The highest BCUT2D eigenvalue weighted by atomic mass is 35.5. The summed E-state index contributed by atoms with van der Waals surface area (Å²) in [4.78, 5) is 14.5. The van der Waals surface area contributed by atoms with E-state index in [1.54, 1.807) is 24.1 Å². The zero-order valence-corrected chi connectivity index (χ0v) is 15.6. The Morgan fingerprint density at radius 1 is 1.29 bits per heavy atom. The number of carbonyl (C=O) groups excluding carboxylic acids is 1. The molecule has 1 aromatic carbocycles. The molecule has 6 heteroatoms. The largest absolute Gasteiger partial charge is 0.490 e. The van der Waals surface area contributed by atoms with Gasteiger partial charge in [-0.25, -0.2) is 0 Å². The molecule has 134 valence electrons. The highest BCUT2D eigenvalue weighted by molar-refractivity contribution is 6.32. The van der Waals surface area contributed by atoms with Crippen LogP contribution >= 0.6 is 11.6 Å². The Labute approximate surface area is 148 Å². The van der Waals surface area contributed by atoms with Crippen molar-refractivity contribution >= 4 is 17.5 Å². The Morgan fingerprint density at radius 3 is 2.58 bits per heavy atom. The summed E-state index contributed by atoms with van der Waals surface area (Å²) in [5.41, 5.74) is 0.510. The second-order valence-corrected chi connectivity index (χ2v) is 6.37. The normalized spacial score (nSPS) is 19.5. The van der Waals surface area contributed by atoms with Crippen molar-refractivity contribution in [1.82, 2.24) is 4.90 Å². The lowest BCUT2D eigenvalue weighted by molar-refractivity contribution is -0.0144. The average molecular weight is 356 g/mol. The fraction of sp³-hybridized carbons (Fsp3) is 0.611. The van der Waals surface area contributed by atoms with Crippen LogP contribution in [0.15, 0.2) is 12.1 Å². The number of hydrogen-bond donors (Lipinski definition) is 0. The molecule has 1 aliphatic rings. The van der Waals surface area contributed by atoms with Crippen molar-refractivity contribution in [2.24, 2.45) is 0 Å². The molecule has 0 aromatic heterocycles. The van der Waals surface area contributed by atoms with Crippen molar-refractivity contribution in [3.63, 3.8) is 0 Å². The summed E-state index contributed by atoms with van der Waals surface area (Å²) in [6.45, 7) is 4.93. The molecule has 0 saturated heterocycles. The van der Waals surface area contributed by atoms with Gasteiger partial charge in [-0.3, -0.25) is 4.79 Å². The predicted octanol–water partition coefficient (Wildman–Crippen LogP) is 3.78. The maximum atomic E-state index is 12.7. The van der Waals surface area contributed by atoms with Crippen molar-refractivity contribution in [2.75, 3.05) is 27.4 Å². The minimum Gasteiger partial charge on any atom is -0.490 e. The van der Waals surface area contributed by atoms with Crippen molar-refractivity contribution in [1.29, 1.82) is 0 Å². The zero-order valence-electron chi connectivity index (χ0n) is 14.8. The first-order valence-corrected chi connectivity index (χ1v) is 8.78.